The molecular weight excluding hydrogens is 240 g/mol. The first-order chi connectivity index (χ1) is 7.99. The van der Waals surface area contributed by atoms with Crippen LogP contribution in [0.1, 0.15) is 18.9 Å². The van der Waals surface area contributed by atoms with Gasteiger partial charge in [-0.1, -0.05) is 19.1 Å². The molecule has 0 saturated carbocycles. The molecule has 0 bridgehead atoms. The molecule has 0 aromatic heterocycles. The summed E-state index contributed by atoms with van der Waals surface area (Å²) in [6, 6.07) is 6.34. The van der Waals surface area contributed by atoms with Crippen LogP contribution < -0.4 is 0 Å². The van der Waals surface area contributed by atoms with Gasteiger partial charge in [0.1, 0.15) is 0 Å². The third-order valence-electron chi connectivity index (χ3n) is 2.33. The van der Waals surface area contributed by atoms with Gasteiger partial charge in [0.25, 0.3) is 0 Å². The van der Waals surface area contributed by atoms with E-state index >= 15 is 0 Å². The minimum atomic E-state index is -3.18. The lowest BCUT2D eigenvalue weighted by molar-refractivity contribution is -0.139. The Kier molecular flexibility index (Phi) is 4.69. The second-order valence-corrected chi connectivity index (χ2v) is 5.82. The third kappa shape index (κ3) is 3.85. The second-order valence-electron chi connectivity index (χ2n) is 3.72. The molecule has 0 aliphatic heterocycles. The summed E-state index contributed by atoms with van der Waals surface area (Å²) >= 11 is 0. The van der Waals surface area contributed by atoms with Crippen molar-refractivity contribution in [2.75, 3.05) is 12.9 Å². The molecule has 0 atom stereocenters. The highest BCUT2D eigenvalue weighted by molar-refractivity contribution is 7.91. The molecule has 0 saturated heterocycles. The SMILES string of the molecule is CCCS(=O)(=O)c1ccc(CC(=O)OC)cc1. The first-order valence-electron chi connectivity index (χ1n) is 5.38. The Morgan fingerprint density at radius 1 is 1.24 bits per heavy atom. The number of sulfone groups is 1. The van der Waals surface area contributed by atoms with Crippen molar-refractivity contribution < 1.29 is 17.9 Å². The van der Waals surface area contributed by atoms with Gasteiger partial charge < -0.3 is 4.74 Å². The van der Waals surface area contributed by atoms with Gasteiger partial charge in [-0.25, -0.2) is 8.42 Å². The molecule has 0 amide bonds. The van der Waals surface area contributed by atoms with Crippen LogP contribution in [0.25, 0.3) is 0 Å². The lowest BCUT2D eigenvalue weighted by Crippen LogP contribution is -2.07. The number of carbonyl (C=O) groups excluding carboxylic acids is 1. The number of benzene rings is 1. The molecule has 1 rings (SSSR count). The van der Waals surface area contributed by atoms with Crippen LogP contribution >= 0.6 is 0 Å². The van der Waals surface area contributed by atoms with Crippen molar-refractivity contribution >= 4 is 15.8 Å². The number of esters is 1. The number of carbonyl (C=O) groups is 1. The first kappa shape index (κ1) is 13.7. The molecule has 1 aromatic carbocycles. The van der Waals surface area contributed by atoms with Gasteiger partial charge >= 0.3 is 5.97 Å². The van der Waals surface area contributed by atoms with Gasteiger partial charge in [-0.2, -0.15) is 0 Å². The molecule has 17 heavy (non-hydrogen) atoms. The van der Waals surface area contributed by atoms with E-state index in [1.54, 1.807) is 12.1 Å². The van der Waals surface area contributed by atoms with E-state index in [1.165, 1.54) is 19.2 Å². The van der Waals surface area contributed by atoms with E-state index in [0.29, 0.717) is 11.3 Å². The number of hydrogen-bond acceptors (Lipinski definition) is 4. The van der Waals surface area contributed by atoms with Crippen LogP contribution in [0.2, 0.25) is 0 Å². The van der Waals surface area contributed by atoms with Crippen LogP contribution in [0.15, 0.2) is 29.2 Å². The fraction of sp³-hybridized carbons (Fsp3) is 0.417. The molecule has 0 aliphatic carbocycles. The fourth-order valence-corrected chi connectivity index (χ4v) is 2.76. The zero-order valence-corrected chi connectivity index (χ0v) is 10.8. The molecule has 0 spiro atoms. The molecule has 94 valence electrons. The summed E-state index contributed by atoms with van der Waals surface area (Å²) in [5, 5.41) is 0. The van der Waals surface area contributed by atoms with E-state index in [4.69, 9.17) is 0 Å². The summed E-state index contributed by atoms with van der Waals surface area (Å²) in [4.78, 5) is 11.3. The van der Waals surface area contributed by atoms with E-state index in [1.807, 2.05) is 6.92 Å². The molecule has 0 N–H and O–H groups in total. The minimum Gasteiger partial charge on any atom is -0.469 e. The highest BCUT2D eigenvalue weighted by Crippen LogP contribution is 2.13. The average molecular weight is 256 g/mol. The van der Waals surface area contributed by atoms with Crippen molar-refractivity contribution in [3.05, 3.63) is 29.8 Å². The molecule has 0 radical (unpaired) electrons. The number of ether oxygens (including phenoxy) is 1. The molecule has 0 fully saturated rings. The van der Waals surface area contributed by atoms with Gasteiger partial charge in [-0.3, -0.25) is 4.79 Å². The normalized spacial score (nSPS) is 11.2. The lowest BCUT2D eigenvalue weighted by Gasteiger charge is -2.04. The van der Waals surface area contributed by atoms with Gasteiger partial charge in [-0.05, 0) is 24.1 Å². The average Bonchev–Trinajstić information content (AvgIpc) is 2.29. The Morgan fingerprint density at radius 2 is 1.82 bits per heavy atom. The molecule has 0 aliphatic rings. The summed E-state index contributed by atoms with van der Waals surface area (Å²) in [7, 11) is -1.86. The van der Waals surface area contributed by atoms with Gasteiger partial charge in [-0.15, -0.1) is 0 Å². The zero-order chi connectivity index (χ0) is 12.9. The van der Waals surface area contributed by atoms with E-state index in [-0.39, 0.29) is 18.1 Å². The van der Waals surface area contributed by atoms with E-state index in [0.717, 1.165) is 5.56 Å². The summed E-state index contributed by atoms with van der Waals surface area (Å²) in [6.07, 6.45) is 0.747. The maximum atomic E-state index is 11.7. The Hall–Kier alpha value is -1.36. The minimum absolute atomic E-state index is 0.142. The zero-order valence-electron chi connectivity index (χ0n) is 9.97. The molecular formula is C12H16O4S. The Bertz CT molecular complexity index is 474. The summed E-state index contributed by atoms with van der Waals surface area (Å²) in [6.45, 7) is 1.82. The van der Waals surface area contributed by atoms with Gasteiger partial charge in [0.2, 0.25) is 0 Å². The van der Waals surface area contributed by atoms with Crippen molar-refractivity contribution in [1.29, 1.82) is 0 Å². The third-order valence-corrected chi connectivity index (χ3v) is 4.27. The Morgan fingerprint density at radius 3 is 2.29 bits per heavy atom. The summed E-state index contributed by atoms with van der Waals surface area (Å²) in [5.41, 5.74) is 0.743. The van der Waals surface area contributed by atoms with Crippen LogP contribution in [-0.4, -0.2) is 27.2 Å². The maximum absolute atomic E-state index is 11.7. The summed E-state index contributed by atoms with van der Waals surface area (Å²) in [5.74, 6) is -0.197. The van der Waals surface area contributed by atoms with E-state index in [9.17, 15) is 13.2 Å². The van der Waals surface area contributed by atoms with Crippen LogP contribution in [0.4, 0.5) is 0 Å². The molecule has 0 heterocycles. The largest absolute Gasteiger partial charge is 0.469 e. The van der Waals surface area contributed by atoms with Crippen molar-refractivity contribution in [3.63, 3.8) is 0 Å². The maximum Gasteiger partial charge on any atom is 0.309 e. The quantitative estimate of drug-likeness (QED) is 0.750. The second kappa shape index (κ2) is 5.82. The van der Waals surface area contributed by atoms with Crippen LogP contribution in [0, 0.1) is 0 Å². The van der Waals surface area contributed by atoms with Crippen LogP contribution in [0.3, 0.4) is 0 Å². The molecule has 4 nitrogen and oxygen atoms in total. The fourth-order valence-electron chi connectivity index (χ4n) is 1.44. The van der Waals surface area contributed by atoms with E-state index in [2.05, 4.69) is 4.74 Å². The number of hydrogen-bond donors (Lipinski definition) is 0. The number of rotatable bonds is 5. The van der Waals surface area contributed by atoms with Gasteiger partial charge in [0.05, 0.1) is 24.2 Å². The monoisotopic (exact) mass is 256 g/mol. The van der Waals surface area contributed by atoms with Crippen molar-refractivity contribution in [2.24, 2.45) is 0 Å². The molecule has 0 unspecified atom stereocenters. The van der Waals surface area contributed by atoms with Gasteiger partial charge in [0, 0.05) is 0 Å². The predicted molar refractivity (Wildman–Crippen MR) is 64.5 cm³/mol. The topological polar surface area (TPSA) is 60.4 Å². The van der Waals surface area contributed by atoms with Gasteiger partial charge in [0.15, 0.2) is 9.84 Å². The number of methoxy groups -OCH3 is 1. The van der Waals surface area contributed by atoms with Crippen LogP contribution in [-0.2, 0) is 25.8 Å². The predicted octanol–water partition coefficient (Wildman–Crippen LogP) is 1.59. The molecule has 1 aromatic rings. The van der Waals surface area contributed by atoms with Crippen molar-refractivity contribution in [3.8, 4) is 0 Å². The molecule has 5 heteroatoms. The summed E-state index contributed by atoms with van der Waals surface area (Å²) < 4.78 is 28.0. The highest BCUT2D eigenvalue weighted by atomic mass is 32.2. The first-order valence-corrected chi connectivity index (χ1v) is 7.03. The Balaban J connectivity index is 2.85. The van der Waals surface area contributed by atoms with Crippen molar-refractivity contribution in [2.45, 2.75) is 24.7 Å². The van der Waals surface area contributed by atoms with Crippen LogP contribution in [0.5, 0.6) is 0 Å². The highest BCUT2D eigenvalue weighted by Gasteiger charge is 2.13. The lowest BCUT2D eigenvalue weighted by atomic mass is 10.2. The standard InChI is InChI=1S/C12H16O4S/c1-3-8-17(14,15)11-6-4-10(5-7-11)9-12(13)16-2/h4-7H,3,8-9H2,1-2H3. The smallest absolute Gasteiger partial charge is 0.309 e. The van der Waals surface area contributed by atoms with Crippen molar-refractivity contribution in [1.82, 2.24) is 0 Å². The van der Waals surface area contributed by atoms with E-state index < -0.39 is 9.84 Å². The Labute approximate surface area is 102 Å².